The standard InChI is InChI=1S/C14H20BrN3O/c1-16-6-5-13-4-2-3-7-18(13)14(19)11-8-12(15)10-17-9-11/h8-10,13,16H,2-7H2,1H3. The number of pyridine rings is 1. The summed E-state index contributed by atoms with van der Waals surface area (Å²) in [6, 6.07) is 2.20. The molecule has 1 aromatic rings. The molecule has 1 saturated heterocycles. The zero-order valence-electron chi connectivity index (χ0n) is 11.2. The molecule has 1 aliphatic rings. The van der Waals surface area contributed by atoms with Crippen LogP contribution in [-0.4, -0.2) is 42.0 Å². The molecular formula is C14H20BrN3O. The first-order valence-electron chi connectivity index (χ1n) is 6.78. The molecule has 19 heavy (non-hydrogen) atoms. The fourth-order valence-corrected chi connectivity index (χ4v) is 2.94. The van der Waals surface area contributed by atoms with Gasteiger partial charge in [0.15, 0.2) is 0 Å². The maximum absolute atomic E-state index is 12.6. The van der Waals surface area contributed by atoms with Crippen molar-refractivity contribution in [1.82, 2.24) is 15.2 Å². The van der Waals surface area contributed by atoms with E-state index in [1.807, 2.05) is 18.0 Å². The second kappa shape index (κ2) is 7.01. The van der Waals surface area contributed by atoms with E-state index in [0.29, 0.717) is 11.6 Å². The van der Waals surface area contributed by atoms with Crippen LogP contribution in [0, 0.1) is 0 Å². The molecule has 0 saturated carbocycles. The molecule has 1 amide bonds. The second-order valence-corrected chi connectivity index (χ2v) is 5.85. The quantitative estimate of drug-likeness (QED) is 0.924. The van der Waals surface area contributed by atoms with Crippen LogP contribution in [0.2, 0.25) is 0 Å². The van der Waals surface area contributed by atoms with Crippen molar-refractivity contribution >= 4 is 21.8 Å². The van der Waals surface area contributed by atoms with Gasteiger partial charge in [0.2, 0.25) is 0 Å². The fourth-order valence-electron chi connectivity index (χ4n) is 2.57. The molecular weight excluding hydrogens is 306 g/mol. The summed E-state index contributed by atoms with van der Waals surface area (Å²) in [5.74, 6) is 0.106. The van der Waals surface area contributed by atoms with Gasteiger partial charge < -0.3 is 10.2 Å². The van der Waals surface area contributed by atoms with E-state index in [1.54, 1.807) is 12.4 Å². The highest BCUT2D eigenvalue weighted by Gasteiger charge is 2.27. The first kappa shape index (κ1) is 14.5. The van der Waals surface area contributed by atoms with Crippen LogP contribution in [0.4, 0.5) is 0 Å². The molecule has 1 aromatic heterocycles. The summed E-state index contributed by atoms with van der Waals surface area (Å²) < 4.78 is 0.849. The number of likely N-dealkylation sites (tertiary alicyclic amines) is 1. The molecule has 0 radical (unpaired) electrons. The fraction of sp³-hybridized carbons (Fsp3) is 0.571. The third-order valence-electron chi connectivity index (χ3n) is 3.57. The Morgan fingerprint density at radius 3 is 3.11 bits per heavy atom. The average Bonchev–Trinajstić information content (AvgIpc) is 2.44. The van der Waals surface area contributed by atoms with E-state index in [4.69, 9.17) is 0 Å². The monoisotopic (exact) mass is 325 g/mol. The maximum Gasteiger partial charge on any atom is 0.255 e. The van der Waals surface area contributed by atoms with Crippen LogP contribution in [0.15, 0.2) is 22.9 Å². The van der Waals surface area contributed by atoms with Gasteiger partial charge >= 0.3 is 0 Å². The molecule has 0 bridgehead atoms. The molecule has 0 aromatic carbocycles. The number of aromatic nitrogens is 1. The highest BCUT2D eigenvalue weighted by atomic mass is 79.9. The number of nitrogens with zero attached hydrogens (tertiary/aromatic N) is 2. The lowest BCUT2D eigenvalue weighted by Gasteiger charge is -2.36. The maximum atomic E-state index is 12.6. The van der Waals surface area contributed by atoms with Crippen molar-refractivity contribution in [2.75, 3.05) is 20.1 Å². The van der Waals surface area contributed by atoms with Crippen molar-refractivity contribution in [3.05, 3.63) is 28.5 Å². The summed E-state index contributed by atoms with van der Waals surface area (Å²) in [6.07, 6.45) is 7.79. The number of piperidine rings is 1. The van der Waals surface area contributed by atoms with Crippen molar-refractivity contribution in [2.24, 2.45) is 0 Å². The van der Waals surface area contributed by atoms with Crippen molar-refractivity contribution in [2.45, 2.75) is 31.7 Å². The normalized spacial score (nSPS) is 19.5. The van der Waals surface area contributed by atoms with E-state index in [-0.39, 0.29) is 5.91 Å². The van der Waals surface area contributed by atoms with E-state index < -0.39 is 0 Å². The lowest BCUT2D eigenvalue weighted by atomic mass is 9.98. The van der Waals surface area contributed by atoms with Gasteiger partial charge in [0.1, 0.15) is 0 Å². The molecule has 4 nitrogen and oxygen atoms in total. The van der Waals surface area contributed by atoms with Crippen molar-refractivity contribution < 1.29 is 4.79 Å². The summed E-state index contributed by atoms with van der Waals surface area (Å²) in [5, 5.41) is 3.17. The number of nitrogens with one attached hydrogen (secondary N) is 1. The molecule has 1 atom stereocenters. The molecule has 1 fully saturated rings. The summed E-state index contributed by atoms with van der Waals surface area (Å²) >= 11 is 3.37. The molecule has 2 heterocycles. The van der Waals surface area contributed by atoms with Gasteiger partial charge in [0.05, 0.1) is 5.56 Å². The Kier molecular flexibility index (Phi) is 5.34. The first-order valence-corrected chi connectivity index (χ1v) is 7.58. The summed E-state index contributed by atoms with van der Waals surface area (Å²) in [4.78, 5) is 18.7. The molecule has 0 spiro atoms. The number of hydrogen-bond acceptors (Lipinski definition) is 3. The van der Waals surface area contributed by atoms with Crippen LogP contribution in [0.5, 0.6) is 0 Å². The van der Waals surface area contributed by atoms with Crippen LogP contribution in [0.25, 0.3) is 0 Å². The van der Waals surface area contributed by atoms with E-state index in [1.165, 1.54) is 6.42 Å². The van der Waals surface area contributed by atoms with Gasteiger partial charge in [-0.3, -0.25) is 9.78 Å². The summed E-state index contributed by atoms with van der Waals surface area (Å²) in [7, 11) is 1.95. The number of halogens is 1. The van der Waals surface area contributed by atoms with Gasteiger partial charge in [-0.15, -0.1) is 0 Å². The van der Waals surface area contributed by atoms with Gasteiger partial charge in [-0.05, 0) is 61.3 Å². The summed E-state index contributed by atoms with van der Waals surface area (Å²) in [5.41, 5.74) is 0.672. The number of hydrogen-bond donors (Lipinski definition) is 1. The van der Waals surface area contributed by atoms with Crippen LogP contribution >= 0.6 is 15.9 Å². The van der Waals surface area contributed by atoms with Gasteiger partial charge in [-0.1, -0.05) is 0 Å². The second-order valence-electron chi connectivity index (χ2n) is 4.93. The minimum Gasteiger partial charge on any atom is -0.336 e. The van der Waals surface area contributed by atoms with Crippen molar-refractivity contribution in [3.63, 3.8) is 0 Å². The lowest BCUT2D eigenvalue weighted by molar-refractivity contribution is 0.0602. The summed E-state index contributed by atoms with van der Waals surface area (Å²) in [6.45, 7) is 1.81. The minimum atomic E-state index is 0.106. The zero-order chi connectivity index (χ0) is 13.7. The zero-order valence-corrected chi connectivity index (χ0v) is 12.8. The highest BCUT2D eigenvalue weighted by Crippen LogP contribution is 2.22. The Bertz CT molecular complexity index is 438. The molecule has 1 unspecified atom stereocenters. The van der Waals surface area contributed by atoms with E-state index in [0.717, 1.165) is 36.8 Å². The largest absolute Gasteiger partial charge is 0.336 e. The molecule has 2 rings (SSSR count). The van der Waals surface area contributed by atoms with Crippen molar-refractivity contribution in [1.29, 1.82) is 0 Å². The number of carbonyl (C=O) groups excluding carboxylic acids is 1. The van der Waals surface area contributed by atoms with E-state index >= 15 is 0 Å². The van der Waals surface area contributed by atoms with Crippen LogP contribution in [0.3, 0.4) is 0 Å². The first-order chi connectivity index (χ1) is 9.22. The number of amides is 1. The molecule has 104 valence electrons. The smallest absolute Gasteiger partial charge is 0.255 e. The van der Waals surface area contributed by atoms with Gasteiger partial charge in [-0.2, -0.15) is 0 Å². The SMILES string of the molecule is CNCCC1CCCCN1C(=O)c1cncc(Br)c1. The Morgan fingerprint density at radius 1 is 1.53 bits per heavy atom. The molecule has 5 heteroatoms. The van der Waals surface area contributed by atoms with E-state index in [2.05, 4.69) is 26.2 Å². The minimum absolute atomic E-state index is 0.106. The number of rotatable bonds is 4. The van der Waals surface area contributed by atoms with Crippen molar-refractivity contribution in [3.8, 4) is 0 Å². The predicted octanol–water partition coefficient (Wildman–Crippen LogP) is 2.45. The predicted molar refractivity (Wildman–Crippen MR) is 79.2 cm³/mol. The highest BCUT2D eigenvalue weighted by molar-refractivity contribution is 9.10. The lowest BCUT2D eigenvalue weighted by Crippen LogP contribution is -2.44. The van der Waals surface area contributed by atoms with Crippen LogP contribution < -0.4 is 5.32 Å². The third-order valence-corrected chi connectivity index (χ3v) is 4.00. The molecule has 1 N–H and O–H groups in total. The molecule has 1 aliphatic heterocycles. The average molecular weight is 326 g/mol. The Morgan fingerprint density at radius 2 is 2.37 bits per heavy atom. The van der Waals surface area contributed by atoms with Gasteiger partial charge in [0.25, 0.3) is 5.91 Å². The van der Waals surface area contributed by atoms with Crippen LogP contribution in [0.1, 0.15) is 36.0 Å². The van der Waals surface area contributed by atoms with Crippen LogP contribution in [-0.2, 0) is 0 Å². The van der Waals surface area contributed by atoms with Gasteiger partial charge in [0, 0.05) is 29.5 Å². The topological polar surface area (TPSA) is 45.2 Å². The Labute approximate surface area is 122 Å². The third kappa shape index (κ3) is 3.76. The Hall–Kier alpha value is -0.940. The van der Waals surface area contributed by atoms with Gasteiger partial charge in [-0.25, -0.2) is 0 Å². The molecule has 0 aliphatic carbocycles. The Balaban J connectivity index is 2.10. The van der Waals surface area contributed by atoms with E-state index in [9.17, 15) is 4.79 Å². The number of carbonyl (C=O) groups is 1.